The van der Waals surface area contributed by atoms with Crippen LogP contribution >= 0.6 is 23.2 Å². The lowest BCUT2D eigenvalue weighted by Gasteiger charge is -2.34. The molecule has 1 aromatic rings. The fourth-order valence-electron chi connectivity index (χ4n) is 3.72. The fourth-order valence-corrected chi connectivity index (χ4v) is 4.22. The number of benzene rings is 1. The van der Waals surface area contributed by atoms with Crippen molar-refractivity contribution in [2.45, 2.75) is 32.6 Å². The molecule has 0 atom stereocenters. The summed E-state index contributed by atoms with van der Waals surface area (Å²) in [6.07, 6.45) is 4.04. The molecule has 28 heavy (non-hydrogen) atoms. The molecule has 0 bridgehead atoms. The Balaban J connectivity index is 1.95. The lowest BCUT2D eigenvalue weighted by Crippen LogP contribution is -2.46. The zero-order chi connectivity index (χ0) is 20.3. The van der Waals surface area contributed by atoms with Crippen LogP contribution < -0.4 is 0 Å². The van der Waals surface area contributed by atoms with Gasteiger partial charge in [-0.25, -0.2) is 0 Å². The Labute approximate surface area is 176 Å². The van der Waals surface area contributed by atoms with Gasteiger partial charge in [-0.15, -0.1) is 0 Å². The van der Waals surface area contributed by atoms with Gasteiger partial charge in [-0.05, 0) is 25.6 Å². The van der Waals surface area contributed by atoms with Crippen LogP contribution in [0.5, 0.6) is 0 Å². The van der Waals surface area contributed by atoms with E-state index in [1.165, 1.54) is 4.90 Å². The summed E-state index contributed by atoms with van der Waals surface area (Å²) in [4.78, 5) is 32.1. The van der Waals surface area contributed by atoms with Crippen molar-refractivity contribution in [1.82, 2.24) is 14.7 Å². The third kappa shape index (κ3) is 4.37. The second kappa shape index (κ2) is 9.29. The smallest absolute Gasteiger partial charge is 0.277 e. The summed E-state index contributed by atoms with van der Waals surface area (Å²) in [5, 5.41) is 0.895. The van der Waals surface area contributed by atoms with E-state index >= 15 is 0 Å². The van der Waals surface area contributed by atoms with Crippen LogP contribution in [0.15, 0.2) is 23.9 Å². The minimum atomic E-state index is -0.250. The second-order valence-corrected chi connectivity index (χ2v) is 8.30. The van der Waals surface area contributed by atoms with Gasteiger partial charge < -0.3 is 9.80 Å². The van der Waals surface area contributed by atoms with Crippen LogP contribution in [0.25, 0.3) is 5.57 Å². The molecular weight excluding hydrogens is 397 g/mol. The molecule has 1 saturated heterocycles. The Morgan fingerprint density at radius 2 is 1.68 bits per heavy atom. The number of imide groups is 1. The summed E-state index contributed by atoms with van der Waals surface area (Å²) in [5.41, 5.74) is 1.47. The molecule has 0 unspecified atom stereocenters. The summed E-state index contributed by atoms with van der Waals surface area (Å²) in [6, 6.07) is 5.07. The number of nitrogens with zero attached hydrogens (tertiary/aromatic N) is 3. The second-order valence-electron chi connectivity index (χ2n) is 7.46. The summed E-state index contributed by atoms with van der Waals surface area (Å²) >= 11 is 12.5. The van der Waals surface area contributed by atoms with E-state index in [4.69, 9.17) is 23.2 Å². The van der Waals surface area contributed by atoms with Crippen LogP contribution in [0.1, 0.15) is 38.2 Å². The minimum Gasteiger partial charge on any atom is -0.364 e. The van der Waals surface area contributed by atoms with Crippen molar-refractivity contribution < 1.29 is 9.59 Å². The number of carbonyl (C=O) groups is 2. The Kier molecular flexibility index (Phi) is 7.02. The quantitative estimate of drug-likeness (QED) is 0.492. The highest BCUT2D eigenvalue weighted by atomic mass is 35.5. The first-order valence-corrected chi connectivity index (χ1v) is 10.7. The molecular formula is C21H27Cl2N3O2. The number of amides is 2. The summed E-state index contributed by atoms with van der Waals surface area (Å²) in [5.74, 6) is -0.452. The van der Waals surface area contributed by atoms with Gasteiger partial charge in [0, 0.05) is 43.3 Å². The molecule has 1 aromatic carbocycles. The number of hydrogen-bond acceptors (Lipinski definition) is 4. The minimum absolute atomic E-state index is 0.202. The molecule has 1 fully saturated rings. The largest absolute Gasteiger partial charge is 0.364 e. The van der Waals surface area contributed by atoms with Gasteiger partial charge in [0.15, 0.2) is 0 Å². The topological polar surface area (TPSA) is 43.9 Å². The fraction of sp³-hybridized carbons (Fsp3) is 0.524. The van der Waals surface area contributed by atoms with Crippen LogP contribution in [0.4, 0.5) is 0 Å². The van der Waals surface area contributed by atoms with Crippen molar-refractivity contribution in [3.63, 3.8) is 0 Å². The number of halogens is 2. The molecule has 3 rings (SSSR count). The Bertz CT molecular complexity index is 786. The first kappa shape index (κ1) is 21.2. The number of rotatable bonds is 7. The van der Waals surface area contributed by atoms with Crippen LogP contribution in [0, 0.1) is 0 Å². The highest BCUT2D eigenvalue weighted by Crippen LogP contribution is 2.36. The van der Waals surface area contributed by atoms with E-state index in [9.17, 15) is 9.59 Å². The van der Waals surface area contributed by atoms with E-state index in [2.05, 4.69) is 18.9 Å². The highest BCUT2D eigenvalue weighted by Gasteiger charge is 2.42. The third-order valence-electron chi connectivity index (χ3n) is 5.40. The first-order valence-electron chi connectivity index (χ1n) is 9.93. The van der Waals surface area contributed by atoms with E-state index < -0.39 is 0 Å². The molecule has 2 amide bonds. The van der Waals surface area contributed by atoms with E-state index in [0.717, 1.165) is 38.8 Å². The maximum atomic E-state index is 13.3. The highest BCUT2D eigenvalue weighted by molar-refractivity contribution is 6.41. The van der Waals surface area contributed by atoms with Crippen LogP contribution in [0.3, 0.4) is 0 Å². The van der Waals surface area contributed by atoms with E-state index in [1.807, 2.05) is 4.90 Å². The SMILES string of the molecule is CCCCCCN1C(=O)C(c2ccc(Cl)cc2Cl)=C(N2CCN(C)CC2)C1=O. The average Bonchev–Trinajstić information content (AvgIpc) is 2.90. The van der Waals surface area contributed by atoms with Gasteiger partial charge in [0.1, 0.15) is 5.70 Å². The monoisotopic (exact) mass is 423 g/mol. The van der Waals surface area contributed by atoms with Crippen LogP contribution in [0.2, 0.25) is 10.0 Å². The van der Waals surface area contributed by atoms with Crippen molar-refractivity contribution in [2.75, 3.05) is 39.8 Å². The number of unbranched alkanes of at least 4 members (excludes halogenated alkanes) is 3. The molecule has 0 aromatic heterocycles. The molecule has 0 spiro atoms. The average molecular weight is 424 g/mol. The van der Waals surface area contributed by atoms with Gasteiger partial charge in [0.05, 0.1) is 10.6 Å². The number of likely N-dealkylation sites (N-methyl/N-ethyl adjacent to an activating group) is 1. The molecule has 0 saturated carbocycles. The summed E-state index contributed by atoms with van der Waals surface area (Å²) in [7, 11) is 2.06. The molecule has 0 radical (unpaired) electrons. The number of hydrogen-bond donors (Lipinski definition) is 0. The summed E-state index contributed by atoms with van der Waals surface area (Å²) < 4.78 is 0. The lowest BCUT2D eigenvalue weighted by atomic mass is 10.0. The van der Waals surface area contributed by atoms with Crippen molar-refractivity contribution in [3.05, 3.63) is 39.5 Å². The zero-order valence-electron chi connectivity index (χ0n) is 16.5. The first-order chi connectivity index (χ1) is 13.4. The van der Waals surface area contributed by atoms with E-state index in [-0.39, 0.29) is 11.8 Å². The normalized spacial score (nSPS) is 18.6. The number of carbonyl (C=O) groups excluding carboxylic acids is 2. The van der Waals surface area contributed by atoms with Crippen LogP contribution in [-0.2, 0) is 9.59 Å². The van der Waals surface area contributed by atoms with Crippen molar-refractivity contribution in [2.24, 2.45) is 0 Å². The van der Waals surface area contributed by atoms with Crippen molar-refractivity contribution in [1.29, 1.82) is 0 Å². The third-order valence-corrected chi connectivity index (χ3v) is 5.95. The molecule has 2 aliphatic rings. The van der Waals surface area contributed by atoms with Gasteiger partial charge >= 0.3 is 0 Å². The van der Waals surface area contributed by atoms with Crippen molar-refractivity contribution in [3.8, 4) is 0 Å². The van der Waals surface area contributed by atoms with E-state index in [0.29, 0.717) is 46.5 Å². The predicted molar refractivity (Wildman–Crippen MR) is 113 cm³/mol. The molecule has 2 heterocycles. The Hall–Kier alpha value is -1.56. The van der Waals surface area contributed by atoms with Gasteiger partial charge in [-0.2, -0.15) is 0 Å². The molecule has 2 aliphatic heterocycles. The predicted octanol–water partition coefficient (Wildman–Crippen LogP) is 3.90. The molecule has 0 N–H and O–H groups in total. The maximum absolute atomic E-state index is 13.3. The van der Waals surface area contributed by atoms with Crippen LogP contribution in [-0.4, -0.2) is 66.3 Å². The maximum Gasteiger partial charge on any atom is 0.277 e. The molecule has 5 nitrogen and oxygen atoms in total. The molecule has 152 valence electrons. The number of piperazine rings is 1. The van der Waals surface area contributed by atoms with Gasteiger partial charge in [-0.1, -0.05) is 55.5 Å². The molecule has 7 heteroatoms. The van der Waals surface area contributed by atoms with Gasteiger partial charge in [0.25, 0.3) is 11.8 Å². The van der Waals surface area contributed by atoms with E-state index in [1.54, 1.807) is 18.2 Å². The lowest BCUT2D eigenvalue weighted by molar-refractivity contribution is -0.137. The van der Waals surface area contributed by atoms with Crippen molar-refractivity contribution >= 4 is 40.6 Å². The summed E-state index contributed by atoms with van der Waals surface area (Å²) in [6.45, 7) is 5.71. The zero-order valence-corrected chi connectivity index (χ0v) is 18.0. The Morgan fingerprint density at radius 1 is 0.964 bits per heavy atom. The molecule has 0 aliphatic carbocycles. The Morgan fingerprint density at radius 3 is 2.32 bits per heavy atom. The standard InChI is InChI=1S/C21H27Cl2N3O2/c1-3-4-5-6-9-26-20(27)18(16-8-7-15(22)14-17(16)23)19(21(26)28)25-12-10-24(2)11-13-25/h7-8,14H,3-6,9-13H2,1-2H3. The van der Waals surface area contributed by atoms with Gasteiger partial charge in [0.2, 0.25) is 0 Å². The van der Waals surface area contributed by atoms with Gasteiger partial charge in [-0.3, -0.25) is 14.5 Å².